The van der Waals surface area contributed by atoms with Crippen LogP contribution in [0.1, 0.15) is 6.42 Å². The first-order chi connectivity index (χ1) is 14.3. The van der Waals surface area contributed by atoms with Gasteiger partial charge in [-0.15, -0.1) is 11.8 Å². The zero-order chi connectivity index (χ0) is 21.7. The Labute approximate surface area is 181 Å². The van der Waals surface area contributed by atoms with Crippen LogP contribution in [0.5, 0.6) is 0 Å². The van der Waals surface area contributed by atoms with E-state index in [1.54, 1.807) is 23.1 Å². The van der Waals surface area contributed by atoms with Gasteiger partial charge >= 0.3 is 0 Å². The molecule has 0 saturated heterocycles. The van der Waals surface area contributed by atoms with Crippen LogP contribution in [0.15, 0.2) is 47.4 Å². The number of non-ortho nitro benzene ring substituents is 1. The molecule has 0 N–H and O–H groups in total. The first-order valence-corrected chi connectivity index (χ1v) is 11.0. The molecule has 2 aromatic carbocycles. The molecule has 0 unspecified atom stereocenters. The maximum Gasteiger partial charge on any atom is 0.270 e. The van der Waals surface area contributed by atoms with Crippen LogP contribution in [0.25, 0.3) is 10.2 Å². The zero-order valence-electron chi connectivity index (χ0n) is 16.6. The summed E-state index contributed by atoms with van der Waals surface area (Å²) in [7, 11) is 3.93. The lowest BCUT2D eigenvalue weighted by atomic mass is 10.3. The van der Waals surface area contributed by atoms with Gasteiger partial charge in [-0.2, -0.15) is 0 Å². The molecule has 1 heterocycles. The molecule has 0 spiro atoms. The Morgan fingerprint density at radius 1 is 1.20 bits per heavy atom. The SMILES string of the molecule is CN(C)CCCN(C(=O)CSc1ccc(F)cc1)c1nc2ccc([N+](=O)[O-])cc2s1. The van der Waals surface area contributed by atoms with Crippen LogP contribution in [-0.4, -0.2) is 53.7 Å². The lowest BCUT2D eigenvalue weighted by Gasteiger charge is -2.21. The fourth-order valence-corrected chi connectivity index (χ4v) is 4.57. The number of rotatable bonds is 9. The molecule has 0 aliphatic carbocycles. The number of hydrogen-bond acceptors (Lipinski definition) is 7. The normalized spacial score (nSPS) is 11.2. The number of carbonyl (C=O) groups excluding carboxylic acids is 1. The number of hydrogen-bond donors (Lipinski definition) is 0. The molecule has 0 atom stereocenters. The highest BCUT2D eigenvalue weighted by atomic mass is 32.2. The van der Waals surface area contributed by atoms with Crippen molar-refractivity contribution in [2.45, 2.75) is 11.3 Å². The number of carbonyl (C=O) groups is 1. The van der Waals surface area contributed by atoms with Crippen LogP contribution in [0.4, 0.5) is 15.2 Å². The van der Waals surface area contributed by atoms with Gasteiger partial charge in [0, 0.05) is 23.6 Å². The summed E-state index contributed by atoms with van der Waals surface area (Å²) in [4.78, 5) is 32.6. The summed E-state index contributed by atoms with van der Waals surface area (Å²) in [6, 6.07) is 10.5. The summed E-state index contributed by atoms with van der Waals surface area (Å²) < 4.78 is 13.7. The summed E-state index contributed by atoms with van der Waals surface area (Å²) in [6.45, 7) is 1.30. The Balaban J connectivity index is 1.80. The second-order valence-electron chi connectivity index (χ2n) is 6.85. The van der Waals surface area contributed by atoms with E-state index < -0.39 is 4.92 Å². The number of aromatic nitrogens is 1. The van der Waals surface area contributed by atoms with Crippen LogP contribution in [-0.2, 0) is 4.79 Å². The minimum absolute atomic E-state index is 0.00458. The van der Waals surface area contributed by atoms with Crippen molar-refractivity contribution in [3.63, 3.8) is 0 Å². The minimum Gasteiger partial charge on any atom is -0.309 e. The summed E-state index contributed by atoms with van der Waals surface area (Å²) in [5.41, 5.74) is 0.618. The van der Waals surface area contributed by atoms with Crippen molar-refractivity contribution in [1.29, 1.82) is 0 Å². The van der Waals surface area contributed by atoms with E-state index in [1.807, 2.05) is 19.0 Å². The second-order valence-corrected chi connectivity index (χ2v) is 8.91. The molecule has 0 fully saturated rings. The summed E-state index contributed by atoms with van der Waals surface area (Å²) in [5.74, 6) is -0.250. The molecule has 3 rings (SSSR count). The molecule has 30 heavy (non-hydrogen) atoms. The molecule has 1 aromatic heterocycles. The lowest BCUT2D eigenvalue weighted by molar-refractivity contribution is -0.384. The van der Waals surface area contributed by atoms with Crippen LogP contribution < -0.4 is 4.90 Å². The molecule has 0 aliphatic rings. The van der Waals surface area contributed by atoms with E-state index in [0.717, 1.165) is 17.9 Å². The number of thioether (sulfide) groups is 1. The van der Waals surface area contributed by atoms with Crippen molar-refractivity contribution in [3.8, 4) is 0 Å². The summed E-state index contributed by atoms with van der Waals surface area (Å²) in [5, 5.41) is 11.6. The van der Waals surface area contributed by atoms with Crippen molar-refractivity contribution >= 4 is 50.0 Å². The van der Waals surface area contributed by atoms with Gasteiger partial charge in [0.25, 0.3) is 5.69 Å². The monoisotopic (exact) mass is 448 g/mol. The standard InChI is InChI=1S/C20H21FN4O3S2/c1-23(2)10-3-11-24(19(26)13-29-16-7-4-14(21)5-8-16)20-22-17-9-6-15(25(27)28)12-18(17)30-20/h4-9,12H,3,10-11,13H2,1-2H3. The Hall–Kier alpha value is -2.56. The number of nitrogens with zero attached hydrogens (tertiary/aromatic N) is 4. The molecule has 3 aromatic rings. The Bertz CT molecular complexity index is 1040. The number of halogens is 1. The molecule has 0 saturated carbocycles. The predicted octanol–water partition coefficient (Wildman–Crippen LogP) is 4.42. The highest BCUT2D eigenvalue weighted by Crippen LogP contribution is 2.32. The lowest BCUT2D eigenvalue weighted by Crippen LogP contribution is -2.34. The van der Waals surface area contributed by atoms with Crippen molar-refractivity contribution in [2.24, 2.45) is 0 Å². The van der Waals surface area contributed by atoms with Crippen molar-refractivity contribution < 1.29 is 14.1 Å². The smallest absolute Gasteiger partial charge is 0.270 e. The van der Waals surface area contributed by atoms with E-state index >= 15 is 0 Å². The van der Waals surface area contributed by atoms with E-state index in [4.69, 9.17) is 0 Å². The average Bonchev–Trinajstić information content (AvgIpc) is 3.13. The van der Waals surface area contributed by atoms with Gasteiger partial charge in [0.2, 0.25) is 5.91 Å². The summed E-state index contributed by atoms with van der Waals surface area (Å²) in [6.07, 6.45) is 0.760. The van der Waals surface area contributed by atoms with E-state index in [2.05, 4.69) is 4.98 Å². The number of fused-ring (bicyclic) bond motifs is 1. The van der Waals surface area contributed by atoms with Gasteiger partial charge in [0.05, 0.1) is 20.9 Å². The molecule has 158 valence electrons. The molecule has 0 aliphatic heterocycles. The van der Waals surface area contributed by atoms with Crippen molar-refractivity contribution in [3.05, 3.63) is 58.4 Å². The van der Waals surface area contributed by atoms with Crippen molar-refractivity contribution in [2.75, 3.05) is 37.8 Å². The zero-order valence-corrected chi connectivity index (χ0v) is 18.2. The highest BCUT2D eigenvalue weighted by Gasteiger charge is 2.21. The number of benzene rings is 2. The minimum atomic E-state index is -0.446. The Morgan fingerprint density at radius 2 is 1.93 bits per heavy atom. The second kappa shape index (κ2) is 9.96. The molecule has 1 amide bonds. The molecular formula is C20H21FN4O3S2. The molecular weight excluding hydrogens is 427 g/mol. The van der Waals surface area contributed by atoms with E-state index in [0.29, 0.717) is 21.9 Å². The molecule has 10 heteroatoms. The summed E-state index contributed by atoms with van der Waals surface area (Å²) >= 11 is 2.60. The highest BCUT2D eigenvalue weighted by molar-refractivity contribution is 8.00. The number of thiazole rings is 1. The van der Waals surface area contributed by atoms with Crippen LogP contribution in [0.3, 0.4) is 0 Å². The van der Waals surface area contributed by atoms with Crippen molar-refractivity contribution in [1.82, 2.24) is 9.88 Å². The Morgan fingerprint density at radius 3 is 2.60 bits per heavy atom. The fraction of sp³-hybridized carbons (Fsp3) is 0.300. The third kappa shape index (κ3) is 5.74. The number of anilines is 1. The van der Waals surface area contributed by atoms with Gasteiger partial charge in [-0.05, 0) is 57.4 Å². The van der Waals surface area contributed by atoms with E-state index in [-0.39, 0.29) is 23.2 Å². The van der Waals surface area contributed by atoms with E-state index in [1.165, 1.54) is 47.4 Å². The van der Waals surface area contributed by atoms with Crippen LogP contribution in [0, 0.1) is 15.9 Å². The third-order valence-corrected chi connectivity index (χ3v) is 6.30. The fourth-order valence-electron chi connectivity index (χ4n) is 2.76. The quantitative estimate of drug-likeness (QED) is 0.274. The van der Waals surface area contributed by atoms with Gasteiger partial charge in [-0.1, -0.05) is 11.3 Å². The van der Waals surface area contributed by atoms with Gasteiger partial charge < -0.3 is 4.90 Å². The average molecular weight is 449 g/mol. The van der Waals surface area contributed by atoms with E-state index in [9.17, 15) is 19.3 Å². The number of nitro groups is 1. The number of amides is 1. The maximum absolute atomic E-state index is 13.1. The van der Waals surface area contributed by atoms with Gasteiger partial charge in [0.1, 0.15) is 5.82 Å². The van der Waals surface area contributed by atoms with Crippen LogP contribution >= 0.6 is 23.1 Å². The largest absolute Gasteiger partial charge is 0.309 e. The van der Waals surface area contributed by atoms with Crippen LogP contribution in [0.2, 0.25) is 0 Å². The molecule has 7 nitrogen and oxygen atoms in total. The Kier molecular flexibility index (Phi) is 7.35. The first-order valence-electron chi connectivity index (χ1n) is 9.22. The van der Waals surface area contributed by atoms with Gasteiger partial charge in [-0.3, -0.25) is 19.8 Å². The van der Waals surface area contributed by atoms with Gasteiger partial charge in [0.15, 0.2) is 5.13 Å². The third-order valence-electron chi connectivity index (χ3n) is 4.27. The first kappa shape index (κ1) is 22.1. The topological polar surface area (TPSA) is 79.6 Å². The molecule has 0 radical (unpaired) electrons. The predicted molar refractivity (Wildman–Crippen MR) is 119 cm³/mol. The molecule has 0 bridgehead atoms. The number of nitro benzene ring substituents is 1. The maximum atomic E-state index is 13.1. The van der Waals surface area contributed by atoms with Gasteiger partial charge in [-0.25, -0.2) is 9.37 Å².